The third-order valence-electron chi connectivity index (χ3n) is 5.66. The van der Waals surface area contributed by atoms with Crippen LogP contribution in [-0.2, 0) is 4.79 Å². The van der Waals surface area contributed by atoms with E-state index in [1.54, 1.807) is 49.8 Å². The van der Waals surface area contributed by atoms with E-state index in [1.165, 1.54) is 0 Å². The van der Waals surface area contributed by atoms with Crippen molar-refractivity contribution < 1.29 is 14.3 Å². The molecule has 4 rings (SSSR count). The summed E-state index contributed by atoms with van der Waals surface area (Å²) in [6.45, 7) is 5.77. The first-order valence-corrected chi connectivity index (χ1v) is 11.2. The molecule has 4 aromatic rings. The third-order valence-corrected chi connectivity index (χ3v) is 5.66. The Labute approximate surface area is 209 Å². The molecule has 8 heteroatoms. The number of aromatic nitrogens is 3. The number of rotatable bonds is 7. The minimum atomic E-state index is -0.491. The van der Waals surface area contributed by atoms with Crippen molar-refractivity contribution in [2.75, 3.05) is 12.4 Å². The maximum Gasteiger partial charge on any atom is 0.321 e. The summed E-state index contributed by atoms with van der Waals surface area (Å²) in [5, 5.41) is 12.5. The molecule has 0 saturated heterocycles. The average Bonchev–Trinajstić information content (AvgIpc) is 3.17. The van der Waals surface area contributed by atoms with Crippen molar-refractivity contribution in [2.45, 2.75) is 20.8 Å². The predicted molar refractivity (Wildman–Crippen MR) is 137 cm³/mol. The van der Waals surface area contributed by atoms with E-state index in [0.29, 0.717) is 11.4 Å². The van der Waals surface area contributed by atoms with Gasteiger partial charge >= 0.3 is 6.01 Å². The molecule has 1 N–H and O–H groups in total. The maximum atomic E-state index is 12.9. The molecule has 2 heterocycles. The van der Waals surface area contributed by atoms with Gasteiger partial charge in [0.15, 0.2) is 0 Å². The highest BCUT2D eigenvalue weighted by atomic mass is 16.5. The van der Waals surface area contributed by atoms with Crippen molar-refractivity contribution in [3.8, 4) is 29.3 Å². The smallest absolute Gasteiger partial charge is 0.321 e. The maximum absolute atomic E-state index is 12.9. The number of carbonyl (C=O) groups is 1. The second-order valence-electron chi connectivity index (χ2n) is 8.09. The van der Waals surface area contributed by atoms with E-state index in [-0.39, 0.29) is 11.6 Å². The second-order valence-corrected chi connectivity index (χ2v) is 8.09. The van der Waals surface area contributed by atoms with Crippen LogP contribution in [0.4, 0.5) is 5.69 Å². The highest BCUT2D eigenvalue weighted by molar-refractivity contribution is 6.10. The molecular weight excluding hydrogens is 454 g/mol. The van der Waals surface area contributed by atoms with Crippen molar-refractivity contribution in [1.29, 1.82) is 5.26 Å². The second kappa shape index (κ2) is 10.6. The molecule has 1 amide bonds. The molecule has 2 aromatic carbocycles. The minimum absolute atomic E-state index is 0.00222. The Morgan fingerprint density at radius 1 is 1.03 bits per heavy atom. The zero-order valence-electron chi connectivity index (χ0n) is 20.4. The number of ether oxygens (including phenoxy) is 2. The van der Waals surface area contributed by atoms with Gasteiger partial charge < -0.3 is 19.4 Å². The highest BCUT2D eigenvalue weighted by Crippen LogP contribution is 2.26. The summed E-state index contributed by atoms with van der Waals surface area (Å²) in [5.74, 6) is 0.821. The number of methoxy groups -OCH3 is 1. The number of benzene rings is 2. The average molecular weight is 480 g/mol. The Balaban J connectivity index is 1.54. The van der Waals surface area contributed by atoms with Gasteiger partial charge in [-0.2, -0.15) is 5.26 Å². The van der Waals surface area contributed by atoms with Crippen LogP contribution in [0.3, 0.4) is 0 Å². The van der Waals surface area contributed by atoms with Gasteiger partial charge in [-0.15, -0.1) is 0 Å². The van der Waals surface area contributed by atoms with Crippen LogP contribution >= 0.6 is 0 Å². The van der Waals surface area contributed by atoms with Crippen LogP contribution in [0.1, 0.15) is 22.5 Å². The largest absolute Gasteiger partial charge is 0.497 e. The van der Waals surface area contributed by atoms with Gasteiger partial charge in [-0.3, -0.25) is 4.79 Å². The Kier molecular flexibility index (Phi) is 7.12. The van der Waals surface area contributed by atoms with Gasteiger partial charge in [0, 0.05) is 35.2 Å². The molecule has 0 fully saturated rings. The van der Waals surface area contributed by atoms with Gasteiger partial charge in [-0.25, -0.2) is 9.97 Å². The van der Waals surface area contributed by atoms with Crippen LogP contribution in [-0.4, -0.2) is 27.6 Å². The van der Waals surface area contributed by atoms with Gasteiger partial charge in [-0.1, -0.05) is 0 Å². The SMILES string of the molecule is COc1ccc(-n2c(C)cc(/C=C(/C#N)C(=O)Nc3ccc(Oc4ncccn4)cc3C)c2C)cc1. The lowest BCUT2D eigenvalue weighted by atomic mass is 10.1. The van der Waals surface area contributed by atoms with Gasteiger partial charge in [-0.05, 0) is 92.6 Å². The molecule has 0 bridgehead atoms. The van der Waals surface area contributed by atoms with Crippen LogP contribution in [0.5, 0.6) is 17.5 Å². The van der Waals surface area contributed by atoms with Crippen LogP contribution in [0.25, 0.3) is 11.8 Å². The molecular formula is C28H25N5O3. The molecule has 0 spiro atoms. The fourth-order valence-corrected chi connectivity index (χ4v) is 3.84. The molecule has 180 valence electrons. The van der Waals surface area contributed by atoms with Crippen molar-refractivity contribution in [3.63, 3.8) is 0 Å². The van der Waals surface area contributed by atoms with Gasteiger partial charge in [0.1, 0.15) is 23.1 Å². The van der Waals surface area contributed by atoms with E-state index >= 15 is 0 Å². The monoisotopic (exact) mass is 479 g/mol. The summed E-state index contributed by atoms with van der Waals surface area (Å²) in [5.41, 5.74) is 5.00. The van der Waals surface area contributed by atoms with E-state index in [4.69, 9.17) is 9.47 Å². The normalized spacial score (nSPS) is 11.0. The lowest BCUT2D eigenvalue weighted by molar-refractivity contribution is -0.112. The van der Waals surface area contributed by atoms with E-state index in [9.17, 15) is 10.1 Å². The van der Waals surface area contributed by atoms with Crippen molar-refractivity contribution in [1.82, 2.24) is 14.5 Å². The molecule has 8 nitrogen and oxygen atoms in total. The van der Waals surface area contributed by atoms with Crippen LogP contribution in [0.2, 0.25) is 0 Å². The zero-order valence-corrected chi connectivity index (χ0v) is 20.4. The Bertz CT molecular complexity index is 1470. The minimum Gasteiger partial charge on any atom is -0.497 e. The van der Waals surface area contributed by atoms with Crippen molar-refractivity contribution in [2.24, 2.45) is 0 Å². The molecule has 0 aliphatic rings. The molecule has 0 radical (unpaired) electrons. The number of nitrogens with zero attached hydrogens (tertiary/aromatic N) is 4. The van der Waals surface area contributed by atoms with E-state index in [0.717, 1.165) is 34.0 Å². The van der Waals surface area contributed by atoms with E-state index < -0.39 is 5.91 Å². The standard InChI is InChI=1S/C28H25N5O3/c1-18-14-25(36-28-30-12-5-13-31-28)10-11-26(18)32-27(34)22(17-29)16-21-15-19(2)33(20(21)3)23-6-8-24(35-4)9-7-23/h5-16H,1-4H3,(H,32,34)/b22-16-. The number of amides is 1. The lowest BCUT2D eigenvalue weighted by Gasteiger charge is -2.11. The number of hydrogen-bond acceptors (Lipinski definition) is 6. The molecule has 0 unspecified atom stereocenters. The fraction of sp³-hybridized carbons (Fsp3) is 0.143. The molecule has 0 atom stereocenters. The zero-order chi connectivity index (χ0) is 25.7. The predicted octanol–water partition coefficient (Wildman–Crippen LogP) is 5.54. The number of nitrogens with one attached hydrogen (secondary N) is 1. The topological polar surface area (TPSA) is 102 Å². The first-order chi connectivity index (χ1) is 17.4. The lowest BCUT2D eigenvalue weighted by Crippen LogP contribution is -2.14. The number of nitriles is 1. The molecule has 0 aliphatic heterocycles. The summed E-state index contributed by atoms with van der Waals surface area (Å²) >= 11 is 0. The van der Waals surface area contributed by atoms with Crippen LogP contribution in [0.15, 0.2) is 72.6 Å². The number of hydrogen-bond donors (Lipinski definition) is 1. The molecule has 0 aliphatic carbocycles. The summed E-state index contributed by atoms with van der Waals surface area (Å²) in [4.78, 5) is 21.0. The van der Waals surface area contributed by atoms with E-state index in [1.807, 2.05) is 57.2 Å². The van der Waals surface area contributed by atoms with E-state index in [2.05, 4.69) is 19.9 Å². The first kappa shape index (κ1) is 24.2. The molecule has 0 saturated carbocycles. The van der Waals surface area contributed by atoms with Crippen LogP contribution in [0, 0.1) is 32.1 Å². The first-order valence-electron chi connectivity index (χ1n) is 11.2. The fourth-order valence-electron chi connectivity index (χ4n) is 3.84. The van der Waals surface area contributed by atoms with Crippen molar-refractivity contribution in [3.05, 3.63) is 95.1 Å². The summed E-state index contributed by atoms with van der Waals surface area (Å²) in [7, 11) is 1.63. The summed E-state index contributed by atoms with van der Waals surface area (Å²) < 4.78 is 12.9. The van der Waals surface area contributed by atoms with Gasteiger partial charge in [0.2, 0.25) is 0 Å². The quantitative estimate of drug-likeness (QED) is 0.276. The summed E-state index contributed by atoms with van der Waals surface area (Å²) in [6, 6.07) is 18.8. The van der Waals surface area contributed by atoms with Crippen LogP contribution < -0.4 is 14.8 Å². The molecule has 2 aromatic heterocycles. The Morgan fingerprint density at radius 3 is 2.36 bits per heavy atom. The number of aryl methyl sites for hydroxylation is 2. The molecule has 36 heavy (non-hydrogen) atoms. The Morgan fingerprint density at radius 2 is 1.72 bits per heavy atom. The Hall–Kier alpha value is -4.90. The van der Waals surface area contributed by atoms with Crippen molar-refractivity contribution >= 4 is 17.7 Å². The number of carbonyl (C=O) groups excluding carboxylic acids is 1. The summed E-state index contributed by atoms with van der Waals surface area (Å²) in [6.07, 6.45) is 4.79. The number of anilines is 1. The highest BCUT2D eigenvalue weighted by Gasteiger charge is 2.15. The van der Waals surface area contributed by atoms with Gasteiger partial charge in [0.05, 0.1) is 7.11 Å². The third kappa shape index (κ3) is 5.26. The van der Waals surface area contributed by atoms with Gasteiger partial charge in [0.25, 0.3) is 5.91 Å².